The monoisotopic (exact) mass is 332 g/mol. The molecule has 124 valence electrons. The predicted octanol–water partition coefficient (Wildman–Crippen LogP) is 2.84. The molecular formula is C18H16N6O. The number of rotatable bonds is 4. The molecule has 0 saturated heterocycles. The van der Waals surface area contributed by atoms with E-state index in [1.165, 1.54) is 0 Å². The van der Waals surface area contributed by atoms with Gasteiger partial charge in [0.15, 0.2) is 0 Å². The molecule has 4 aromatic rings. The molecule has 7 heteroatoms. The number of carbonyl (C=O) groups excluding carboxylic acids is 1. The van der Waals surface area contributed by atoms with Crippen LogP contribution < -0.4 is 5.32 Å². The Labute approximate surface area is 143 Å². The molecule has 0 bridgehead atoms. The molecule has 0 aliphatic rings. The Morgan fingerprint density at radius 1 is 1.20 bits per heavy atom. The highest BCUT2D eigenvalue weighted by atomic mass is 16.2. The van der Waals surface area contributed by atoms with Crippen LogP contribution in [0.25, 0.3) is 22.3 Å². The highest BCUT2D eigenvalue weighted by molar-refractivity contribution is 5.93. The topological polar surface area (TPSA) is 99.3 Å². The third-order valence-electron chi connectivity index (χ3n) is 3.95. The average molecular weight is 332 g/mol. The summed E-state index contributed by atoms with van der Waals surface area (Å²) >= 11 is 0. The summed E-state index contributed by atoms with van der Waals surface area (Å²) in [7, 11) is 0. The first-order valence-corrected chi connectivity index (χ1v) is 7.92. The number of pyridine rings is 1. The summed E-state index contributed by atoms with van der Waals surface area (Å²) in [5.41, 5.74) is 3.73. The summed E-state index contributed by atoms with van der Waals surface area (Å²) in [6, 6.07) is 12.9. The Balaban J connectivity index is 1.51. The third kappa shape index (κ3) is 2.99. The number of imidazole rings is 1. The van der Waals surface area contributed by atoms with Gasteiger partial charge in [0.2, 0.25) is 0 Å². The fourth-order valence-corrected chi connectivity index (χ4v) is 2.62. The molecule has 0 saturated carbocycles. The van der Waals surface area contributed by atoms with E-state index in [2.05, 4.69) is 30.5 Å². The van der Waals surface area contributed by atoms with Crippen molar-refractivity contribution < 1.29 is 4.79 Å². The summed E-state index contributed by atoms with van der Waals surface area (Å²) in [5.74, 6) is 0.470. The second-order valence-electron chi connectivity index (χ2n) is 5.74. The van der Waals surface area contributed by atoms with Crippen LogP contribution in [0.4, 0.5) is 0 Å². The molecule has 0 radical (unpaired) electrons. The van der Waals surface area contributed by atoms with Crippen LogP contribution >= 0.6 is 0 Å². The van der Waals surface area contributed by atoms with Gasteiger partial charge < -0.3 is 10.3 Å². The first-order valence-electron chi connectivity index (χ1n) is 7.92. The third-order valence-corrected chi connectivity index (χ3v) is 3.95. The highest BCUT2D eigenvalue weighted by Gasteiger charge is 2.17. The number of nitrogens with zero attached hydrogens (tertiary/aromatic N) is 3. The van der Waals surface area contributed by atoms with E-state index in [4.69, 9.17) is 0 Å². The van der Waals surface area contributed by atoms with E-state index >= 15 is 0 Å². The zero-order valence-electron chi connectivity index (χ0n) is 13.5. The van der Waals surface area contributed by atoms with E-state index in [1.807, 2.05) is 43.3 Å². The quantitative estimate of drug-likeness (QED) is 0.535. The van der Waals surface area contributed by atoms with Crippen molar-refractivity contribution in [3.63, 3.8) is 0 Å². The first-order chi connectivity index (χ1) is 12.2. The zero-order valence-corrected chi connectivity index (χ0v) is 13.5. The minimum absolute atomic E-state index is 0.240. The van der Waals surface area contributed by atoms with Crippen LogP contribution in [0.1, 0.15) is 29.3 Å². The Kier molecular flexibility index (Phi) is 3.74. The highest BCUT2D eigenvalue weighted by Crippen LogP contribution is 2.18. The number of fused-ring (bicyclic) bond motifs is 1. The standard InChI is InChI=1S/C18H16N6O/c1-11(17-21-13-6-2-3-7-14(13)22-17)20-18(25)16-9-15(23-24-16)12-5-4-8-19-10-12/h2-11H,1H3,(H,20,25)(H,21,22)(H,23,24)/t11-/m1/s1. The molecule has 0 aliphatic carbocycles. The van der Waals surface area contributed by atoms with Crippen LogP contribution in [0.5, 0.6) is 0 Å². The van der Waals surface area contributed by atoms with Crippen LogP contribution in [0.2, 0.25) is 0 Å². The number of amides is 1. The lowest BCUT2D eigenvalue weighted by Crippen LogP contribution is -2.27. The largest absolute Gasteiger partial charge is 0.341 e. The van der Waals surface area contributed by atoms with E-state index in [0.29, 0.717) is 17.2 Å². The van der Waals surface area contributed by atoms with Crippen molar-refractivity contribution in [2.24, 2.45) is 0 Å². The van der Waals surface area contributed by atoms with Crippen molar-refractivity contribution in [1.29, 1.82) is 0 Å². The van der Waals surface area contributed by atoms with Gasteiger partial charge in [0.25, 0.3) is 5.91 Å². The molecule has 3 aromatic heterocycles. The molecule has 1 atom stereocenters. The molecular weight excluding hydrogens is 316 g/mol. The van der Waals surface area contributed by atoms with E-state index in [-0.39, 0.29) is 11.9 Å². The lowest BCUT2D eigenvalue weighted by molar-refractivity contribution is 0.0933. The van der Waals surface area contributed by atoms with Crippen LogP contribution in [0, 0.1) is 0 Å². The maximum absolute atomic E-state index is 12.4. The molecule has 1 amide bonds. The maximum atomic E-state index is 12.4. The molecule has 0 fully saturated rings. The van der Waals surface area contributed by atoms with Crippen LogP contribution in [0.3, 0.4) is 0 Å². The molecule has 25 heavy (non-hydrogen) atoms. The van der Waals surface area contributed by atoms with Gasteiger partial charge in [-0.1, -0.05) is 12.1 Å². The Morgan fingerprint density at radius 3 is 2.88 bits per heavy atom. The first kappa shape index (κ1) is 15.1. The number of benzene rings is 1. The summed E-state index contributed by atoms with van der Waals surface area (Å²) in [5, 5.41) is 9.86. The lowest BCUT2D eigenvalue weighted by atomic mass is 10.2. The van der Waals surface area contributed by atoms with Crippen LogP contribution in [-0.2, 0) is 0 Å². The summed E-state index contributed by atoms with van der Waals surface area (Å²) in [6.45, 7) is 1.88. The van der Waals surface area contributed by atoms with Gasteiger partial charge in [-0.2, -0.15) is 5.10 Å². The molecule has 0 aliphatic heterocycles. The van der Waals surface area contributed by atoms with E-state index in [0.717, 1.165) is 16.6 Å². The van der Waals surface area contributed by atoms with Gasteiger partial charge in [-0.25, -0.2) is 4.98 Å². The van der Waals surface area contributed by atoms with Gasteiger partial charge in [-0.05, 0) is 37.3 Å². The van der Waals surface area contributed by atoms with Gasteiger partial charge in [-0.3, -0.25) is 14.9 Å². The van der Waals surface area contributed by atoms with E-state index in [1.54, 1.807) is 18.5 Å². The van der Waals surface area contributed by atoms with E-state index < -0.39 is 0 Å². The van der Waals surface area contributed by atoms with Crippen LogP contribution in [0.15, 0.2) is 54.9 Å². The minimum Gasteiger partial charge on any atom is -0.341 e. The number of aromatic amines is 2. The van der Waals surface area contributed by atoms with Gasteiger partial charge in [-0.15, -0.1) is 0 Å². The SMILES string of the molecule is C[C@@H](NC(=O)c1cc(-c2cccnc2)n[nH]1)c1nc2ccccc2[nH]1. The van der Waals surface area contributed by atoms with Crippen molar-refractivity contribution in [2.75, 3.05) is 0 Å². The number of para-hydroxylation sites is 2. The molecule has 3 heterocycles. The summed E-state index contributed by atoms with van der Waals surface area (Å²) < 4.78 is 0. The summed E-state index contributed by atoms with van der Waals surface area (Å²) in [6.07, 6.45) is 3.40. The summed E-state index contributed by atoms with van der Waals surface area (Å²) in [4.78, 5) is 24.2. The number of H-pyrrole nitrogens is 2. The lowest BCUT2D eigenvalue weighted by Gasteiger charge is -2.10. The normalized spacial score (nSPS) is 12.2. The van der Waals surface area contributed by atoms with Crippen molar-refractivity contribution in [1.82, 2.24) is 30.5 Å². The maximum Gasteiger partial charge on any atom is 0.269 e. The number of nitrogens with one attached hydrogen (secondary N) is 3. The second kappa shape index (κ2) is 6.20. The van der Waals surface area contributed by atoms with Gasteiger partial charge in [0, 0.05) is 18.0 Å². The van der Waals surface area contributed by atoms with Gasteiger partial charge in [0.1, 0.15) is 11.5 Å². The van der Waals surface area contributed by atoms with Crippen LogP contribution in [-0.4, -0.2) is 31.1 Å². The zero-order chi connectivity index (χ0) is 17.2. The van der Waals surface area contributed by atoms with Crippen molar-refractivity contribution in [3.05, 3.63) is 66.4 Å². The van der Waals surface area contributed by atoms with E-state index in [9.17, 15) is 4.79 Å². The molecule has 1 aromatic carbocycles. The van der Waals surface area contributed by atoms with Crippen molar-refractivity contribution in [2.45, 2.75) is 13.0 Å². The number of aromatic nitrogens is 5. The smallest absolute Gasteiger partial charge is 0.269 e. The Bertz CT molecular complexity index is 987. The fourth-order valence-electron chi connectivity index (χ4n) is 2.62. The molecule has 7 nitrogen and oxygen atoms in total. The molecule has 0 unspecified atom stereocenters. The number of hydrogen-bond donors (Lipinski definition) is 3. The number of hydrogen-bond acceptors (Lipinski definition) is 4. The molecule has 3 N–H and O–H groups in total. The minimum atomic E-state index is -0.259. The van der Waals surface area contributed by atoms with Crippen molar-refractivity contribution >= 4 is 16.9 Å². The Hall–Kier alpha value is -3.48. The Morgan fingerprint density at radius 2 is 2.08 bits per heavy atom. The van der Waals surface area contributed by atoms with Gasteiger partial charge in [0.05, 0.1) is 22.8 Å². The average Bonchev–Trinajstić information content (AvgIpc) is 3.29. The fraction of sp³-hybridized carbons (Fsp3) is 0.111. The molecule has 4 rings (SSSR count). The van der Waals surface area contributed by atoms with Crippen molar-refractivity contribution in [3.8, 4) is 11.3 Å². The predicted molar refractivity (Wildman–Crippen MR) is 93.8 cm³/mol. The molecule has 0 spiro atoms. The number of carbonyl (C=O) groups is 1. The second-order valence-corrected chi connectivity index (χ2v) is 5.74. The van der Waals surface area contributed by atoms with Gasteiger partial charge >= 0.3 is 0 Å².